The Bertz CT molecular complexity index is 578. The second-order valence-electron chi connectivity index (χ2n) is 11.2. The van der Waals surface area contributed by atoms with Crippen LogP contribution in [-0.2, 0) is 14.4 Å². The maximum atomic E-state index is 12.5. The fourth-order valence-corrected chi connectivity index (χ4v) is 6.23. The van der Waals surface area contributed by atoms with E-state index in [1.807, 2.05) is 20.8 Å². The first-order valence-electron chi connectivity index (χ1n) is 15.8. The molecular formula is C31H60NO6+. The molecule has 0 radical (unpaired) electrons. The summed E-state index contributed by atoms with van der Waals surface area (Å²) in [6.07, 6.45) is 19.2. The Morgan fingerprint density at radius 3 is 0.947 bits per heavy atom. The number of unbranched alkanes of at least 4 members (excludes halogenated alkanes) is 13. The summed E-state index contributed by atoms with van der Waals surface area (Å²) >= 11 is 0. The van der Waals surface area contributed by atoms with Crippen LogP contribution in [0.2, 0.25) is 0 Å². The molecule has 38 heavy (non-hydrogen) atoms. The van der Waals surface area contributed by atoms with Crippen molar-refractivity contribution in [2.75, 3.05) is 6.54 Å². The average molecular weight is 543 g/mol. The number of aliphatic carboxylic acids is 3. The van der Waals surface area contributed by atoms with Gasteiger partial charge in [0.2, 0.25) is 0 Å². The molecular weight excluding hydrogens is 482 g/mol. The summed E-state index contributed by atoms with van der Waals surface area (Å²) in [5, 5.41) is 30.8. The van der Waals surface area contributed by atoms with E-state index in [2.05, 4.69) is 6.92 Å². The normalized spacial score (nSPS) is 15.5. The molecule has 224 valence electrons. The minimum Gasteiger partial charge on any atom is -0.477 e. The Balaban J connectivity index is 5.27. The Morgan fingerprint density at radius 1 is 0.447 bits per heavy atom. The highest BCUT2D eigenvalue weighted by atomic mass is 16.4. The topological polar surface area (TPSA) is 112 Å². The van der Waals surface area contributed by atoms with Crippen LogP contribution in [0.1, 0.15) is 156 Å². The van der Waals surface area contributed by atoms with Crippen LogP contribution >= 0.6 is 0 Å². The Kier molecular flexibility index (Phi) is 21.3. The number of hydrogen-bond donors (Lipinski definition) is 3. The minimum absolute atomic E-state index is 0.273. The first-order valence-corrected chi connectivity index (χ1v) is 15.8. The first-order chi connectivity index (χ1) is 18.2. The molecule has 0 aromatic rings. The van der Waals surface area contributed by atoms with Gasteiger partial charge in [0.1, 0.15) is 0 Å². The molecule has 7 nitrogen and oxygen atoms in total. The summed E-state index contributed by atoms with van der Waals surface area (Å²) in [5.74, 6) is -3.24. The molecule has 0 aliphatic rings. The van der Waals surface area contributed by atoms with Crippen LogP contribution in [0.5, 0.6) is 0 Å². The van der Waals surface area contributed by atoms with Gasteiger partial charge in [-0.05, 0) is 32.1 Å². The second-order valence-corrected chi connectivity index (χ2v) is 11.2. The van der Waals surface area contributed by atoms with Crippen molar-refractivity contribution in [3.8, 4) is 0 Å². The van der Waals surface area contributed by atoms with Gasteiger partial charge in [-0.3, -0.25) is 4.48 Å². The monoisotopic (exact) mass is 542 g/mol. The standard InChI is InChI=1S/C31H59NO6/c1-5-9-10-11-12-13-14-15-16-17-18-19-20-21-25-32(26(22-6-2)29(33)34,27(23-7-3)30(35)36)28(24-8-4)31(37)38/h26-28H,5-25H2,1-4H3,(H2-,33,34,35,36,37,38)/p+1. The van der Waals surface area contributed by atoms with E-state index in [1.165, 1.54) is 64.2 Å². The smallest absolute Gasteiger partial charge is 0.362 e. The van der Waals surface area contributed by atoms with E-state index in [4.69, 9.17) is 0 Å². The van der Waals surface area contributed by atoms with Crippen molar-refractivity contribution in [3.05, 3.63) is 0 Å². The van der Waals surface area contributed by atoms with Gasteiger partial charge >= 0.3 is 17.9 Å². The summed E-state index contributed by atoms with van der Waals surface area (Å²) in [4.78, 5) is 37.6. The van der Waals surface area contributed by atoms with Crippen LogP contribution < -0.4 is 0 Å². The molecule has 3 atom stereocenters. The highest BCUT2D eigenvalue weighted by molar-refractivity contribution is 5.78. The molecule has 0 aliphatic carbocycles. The Morgan fingerprint density at radius 2 is 0.711 bits per heavy atom. The van der Waals surface area contributed by atoms with Crippen LogP contribution in [0.15, 0.2) is 0 Å². The zero-order chi connectivity index (χ0) is 28.8. The minimum atomic E-state index is -1.08. The third kappa shape index (κ3) is 12.9. The summed E-state index contributed by atoms with van der Waals surface area (Å²) in [7, 11) is 0. The number of nitrogens with zero attached hydrogens (tertiary/aromatic N) is 1. The number of quaternary nitrogens is 1. The Hall–Kier alpha value is -1.63. The molecule has 0 aliphatic heterocycles. The van der Waals surface area contributed by atoms with E-state index in [0.717, 1.165) is 19.3 Å². The maximum absolute atomic E-state index is 12.5. The van der Waals surface area contributed by atoms with Gasteiger partial charge in [-0.2, -0.15) is 0 Å². The largest absolute Gasteiger partial charge is 0.477 e. The van der Waals surface area contributed by atoms with Gasteiger partial charge in [0.15, 0.2) is 18.1 Å². The van der Waals surface area contributed by atoms with Crippen LogP contribution in [0.3, 0.4) is 0 Å². The lowest BCUT2D eigenvalue weighted by molar-refractivity contribution is -0.973. The molecule has 0 fully saturated rings. The lowest BCUT2D eigenvalue weighted by atomic mass is 9.91. The zero-order valence-electron chi connectivity index (χ0n) is 25.1. The van der Waals surface area contributed by atoms with Crippen LogP contribution in [0, 0.1) is 0 Å². The van der Waals surface area contributed by atoms with E-state index >= 15 is 0 Å². The van der Waals surface area contributed by atoms with Gasteiger partial charge in [0, 0.05) is 19.3 Å². The van der Waals surface area contributed by atoms with Crippen molar-refractivity contribution in [1.29, 1.82) is 0 Å². The SMILES string of the molecule is CCCCCCCCCCCCCCCC[N+](C(CCC)C(=O)O)(C(CCC)C(=O)O)C(CCC)C(=O)O. The summed E-state index contributed by atoms with van der Waals surface area (Å²) in [6, 6.07) is -3.12. The van der Waals surface area contributed by atoms with Crippen LogP contribution in [0.4, 0.5) is 0 Å². The first kappa shape index (κ1) is 36.4. The molecule has 0 aromatic heterocycles. The molecule has 0 bridgehead atoms. The maximum Gasteiger partial charge on any atom is 0.362 e. The van der Waals surface area contributed by atoms with Crippen molar-refractivity contribution in [3.63, 3.8) is 0 Å². The molecule has 0 aromatic carbocycles. The van der Waals surface area contributed by atoms with Crippen molar-refractivity contribution in [2.24, 2.45) is 0 Å². The van der Waals surface area contributed by atoms with Crippen molar-refractivity contribution in [1.82, 2.24) is 0 Å². The number of hydrogen-bond acceptors (Lipinski definition) is 3. The van der Waals surface area contributed by atoms with Crippen molar-refractivity contribution in [2.45, 2.75) is 174 Å². The fraction of sp³-hybridized carbons (Fsp3) is 0.903. The van der Waals surface area contributed by atoms with Gasteiger partial charge < -0.3 is 15.3 Å². The molecule has 0 amide bonds. The third-order valence-electron chi connectivity index (χ3n) is 8.18. The number of carboxylic acid groups (broad SMARTS) is 3. The zero-order valence-corrected chi connectivity index (χ0v) is 25.1. The average Bonchev–Trinajstić information content (AvgIpc) is 2.87. The van der Waals surface area contributed by atoms with Gasteiger partial charge in [-0.15, -0.1) is 0 Å². The molecule has 3 N–H and O–H groups in total. The lowest BCUT2D eigenvalue weighted by Crippen LogP contribution is -2.72. The van der Waals surface area contributed by atoms with Crippen LogP contribution in [-0.4, -0.2) is 62.4 Å². The van der Waals surface area contributed by atoms with Gasteiger partial charge in [-0.25, -0.2) is 14.4 Å². The summed E-state index contributed by atoms with van der Waals surface area (Å²) in [5.41, 5.74) is 0. The predicted molar refractivity (Wildman–Crippen MR) is 154 cm³/mol. The predicted octanol–water partition coefficient (Wildman–Crippen LogP) is 8.04. The fourth-order valence-electron chi connectivity index (χ4n) is 6.23. The van der Waals surface area contributed by atoms with E-state index in [1.54, 1.807) is 0 Å². The van der Waals surface area contributed by atoms with E-state index < -0.39 is 36.0 Å². The summed E-state index contributed by atoms with van der Waals surface area (Å²) in [6.45, 7) is 8.16. The molecule has 7 heteroatoms. The van der Waals surface area contributed by atoms with Crippen molar-refractivity contribution < 1.29 is 34.2 Å². The molecule has 0 saturated carbocycles. The van der Waals surface area contributed by atoms with Gasteiger partial charge in [-0.1, -0.05) is 105 Å². The van der Waals surface area contributed by atoms with Crippen molar-refractivity contribution >= 4 is 17.9 Å². The van der Waals surface area contributed by atoms with E-state index in [-0.39, 0.29) is 30.3 Å². The van der Waals surface area contributed by atoms with Gasteiger partial charge in [0.05, 0.1) is 6.54 Å². The van der Waals surface area contributed by atoms with E-state index in [9.17, 15) is 29.7 Å². The summed E-state index contributed by atoms with van der Waals surface area (Å²) < 4.78 is -0.367. The molecule has 0 rings (SSSR count). The Labute approximate surface area is 233 Å². The highest BCUT2D eigenvalue weighted by Gasteiger charge is 2.56. The van der Waals surface area contributed by atoms with Crippen LogP contribution in [0.25, 0.3) is 0 Å². The molecule has 3 unspecified atom stereocenters. The lowest BCUT2D eigenvalue weighted by Gasteiger charge is -2.50. The molecule has 0 saturated heterocycles. The third-order valence-corrected chi connectivity index (χ3v) is 8.18. The number of carboxylic acids is 3. The van der Waals surface area contributed by atoms with E-state index in [0.29, 0.717) is 25.7 Å². The highest BCUT2D eigenvalue weighted by Crippen LogP contribution is 2.34. The number of carbonyl (C=O) groups is 3. The second kappa shape index (κ2) is 22.2. The quantitative estimate of drug-likeness (QED) is 0.0715. The van der Waals surface area contributed by atoms with Gasteiger partial charge in [0.25, 0.3) is 0 Å². The molecule has 0 spiro atoms. The molecule has 0 heterocycles. The number of rotatable bonds is 27.